The number of hydrogen-bond acceptors (Lipinski definition) is 4. The van der Waals surface area contributed by atoms with Gasteiger partial charge in [-0.2, -0.15) is 0 Å². The standard InChI is InChI=1S/C11H9BrO4/c1-15-11(14)9(13)8-5-7(12)4-6-2-3-16-10(6)8/h4-5H,2-3H2,1H3. The second-order valence-electron chi connectivity index (χ2n) is 3.36. The number of ether oxygens (including phenoxy) is 2. The summed E-state index contributed by atoms with van der Waals surface area (Å²) in [5, 5.41) is 0. The van der Waals surface area contributed by atoms with Crippen LogP contribution in [0.4, 0.5) is 0 Å². The van der Waals surface area contributed by atoms with Crippen LogP contribution >= 0.6 is 15.9 Å². The summed E-state index contributed by atoms with van der Waals surface area (Å²) in [6.07, 6.45) is 0.746. The SMILES string of the molecule is COC(=O)C(=O)c1cc(Br)cc2c1OCC2. The van der Waals surface area contributed by atoms with Gasteiger partial charge >= 0.3 is 5.97 Å². The first-order valence-electron chi connectivity index (χ1n) is 4.71. The summed E-state index contributed by atoms with van der Waals surface area (Å²) in [5.74, 6) is -1.06. The molecule has 0 amide bonds. The van der Waals surface area contributed by atoms with Crippen LogP contribution in [0, 0.1) is 0 Å². The summed E-state index contributed by atoms with van der Waals surface area (Å²) in [6.45, 7) is 0.535. The smallest absolute Gasteiger partial charge is 0.379 e. The van der Waals surface area contributed by atoms with E-state index >= 15 is 0 Å². The lowest BCUT2D eigenvalue weighted by atomic mass is 10.0. The van der Waals surface area contributed by atoms with Gasteiger partial charge in [-0.15, -0.1) is 0 Å². The van der Waals surface area contributed by atoms with Crippen LogP contribution in [0.15, 0.2) is 16.6 Å². The van der Waals surface area contributed by atoms with E-state index in [0.29, 0.717) is 12.4 Å². The highest BCUT2D eigenvalue weighted by atomic mass is 79.9. The highest BCUT2D eigenvalue weighted by Crippen LogP contribution is 2.33. The molecule has 84 valence electrons. The van der Waals surface area contributed by atoms with Gasteiger partial charge in [-0.05, 0) is 17.7 Å². The van der Waals surface area contributed by atoms with E-state index < -0.39 is 11.8 Å². The van der Waals surface area contributed by atoms with Crippen molar-refractivity contribution in [1.82, 2.24) is 0 Å². The number of hydrogen-bond donors (Lipinski definition) is 0. The number of methoxy groups -OCH3 is 1. The first-order valence-corrected chi connectivity index (χ1v) is 5.50. The van der Waals surface area contributed by atoms with Gasteiger partial charge in [0.15, 0.2) is 0 Å². The van der Waals surface area contributed by atoms with Crippen molar-refractivity contribution in [3.63, 3.8) is 0 Å². The zero-order valence-corrected chi connectivity index (χ0v) is 10.2. The Morgan fingerprint density at radius 3 is 2.88 bits per heavy atom. The van der Waals surface area contributed by atoms with Crippen LogP contribution in [0.25, 0.3) is 0 Å². The number of carbonyl (C=O) groups excluding carboxylic acids is 2. The third-order valence-corrected chi connectivity index (χ3v) is 2.82. The molecule has 1 aliphatic heterocycles. The molecule has 1 aromatic carbocycles. The lowest BCUT2D eigenvalue weighted by molar-refractivity contribution is -0.135. The van der Waals surface area contributed by atoms with Crippen LogP contribution in [0.1, 0.15) is 15.9 Å². The second-order valence-corrected chi connectivity index (χ2v) is 4.28. The molecule has 16 heavy (non-hydrogen) atoms. The van der Waals surface area contributed by atoms with Crippen LogP contribution in [0.3, 0.4) is 0 Å². The van der Waals surface area contributed by atoms with E-state index in [0.717, 1.165) is 16.5 Å². The number of ketones is 1. The number of fused-ring (bicyclic) bond motifs is 1. The molecule has 0 atom stereocenters. The van der Waals surface area contributed by atoms with Crippen molar-refractivity contribution in [2.24, 2.45) is 0 Å². The van der Waals surface area contributed by atoms with E-state index in [-0.39, 0.29) is 5.56 Å². The van der Waals surface area contributed by atoms with E-state index in [1.54, 1.807) is 6.07 Å². The molecule has 1 aromatic rings. The van der Waals surface area contributed by atoms with Crippen LogP contribution < -0.4 is 4.74 Å². The summed E-state index contributed by atoms with van der Waals surface area (Å²) < 4.78 is 10.5. The quantitative estimate of drug-likeness (QED) is 0.472. The number of Topliss-reactive ketones (excluding diaryl/α,β-unsaturated/α-hetero) is 1. The van der Waals surface area contributed by atoms with Crippen molar-refractivity contribution in [1.29, 1.82) is 0 Å². The molecule has 0 aliphatic carbocycles. The first kappa shape index (κ1) is 11.1. The van der Waals surface area contributed by atoms with Crippen molar-refractivity contribution in [2.75, 3.05) is 13.7 Å². The Hall–Kier alpha value is -1.36. The van der Waals surface area contributed by atoms with E-state index in [2.05, 4.69) is 20.7 Å². The fourth-order valence-electron chi connectivity index (χ4n) is 1.64. The molecule has 0 bridgehead atoms. The van der Waals surface area contributed by atoms with Gasteiger partial charge in [-0.25, -0.2) is 4.79 Å². The maximum atomic E-state index is 11.7. The molecule has 1 aliphatic rings. The molecule has 2 rings (SSSR count). The predicted molar refractivity (Wildman–Crippen MR) is 59.7 cm³/mol. The Balaban J connectivity index is 2.49. The molecule has 0 radical (unpaired) electrons. The monoisotopic (exact) mass is 284 g/mol. The fraction of sp³-hybridized carbons (Fsp3) is 0.273. The topological polar surface area (TPSA) is 52.6 Å². The average Bonchev–Trinajstić information content (AvgIpc) is 2.73. The Labute approximate surface area is 101 Å². The van der Waals surface area contributed by atoms with Gasteiger partial charge in [0, 0.05) is 10.9 Å². The van der Waals surface area contributed by atoms with Gasteiger partial charge in [0.2, 0.25) is 0 Å². The van der Waals surface area contributed by atoms with Gasteiger partial charge in [-0.1, -0.05) is 15.9 Å². The Bertz CT molecular complexity index is 467. The minimum atomic E-state index is -0.879. The first-order chi connectivity index (χ1) is 7.63. The minimum Gasteiger partial charge on any atom is -0.492 e. The van der Waals surface area contributed by atoms with Crippen molar-refractivity contribution in [3.05, 3.63) is 27.7 Å². The summed E-state index contributed by atoms with van der Waals surface area (Å²) in [7, 11) is 1.18. The average molecular weight is 285 g/mol. The van der Waals surface area contributed by atoms with Crippen molar-refractivity contribution >= 4 is 27.7 Å². The van der Waals surface area contributed by atoms with E-state index in [1.807, 2.05) is 6.07 Å². The number of benzene rings is 1. The van der Waals surface area contributed by atoms with Crippen molar-refractivity contribution in [2.45, 2.75) is 6.42 Å². The van der Waals surface area contributed by atoms with Gasteiger partial charge in [0.1, 0.15) is 5.75 Å². The summed E-state index contributed by atoms with van der Waals surface area (Å²) in [5.41, 5.74) is 1.19. The molecule has 4 nitrogen and oxygen atoms in total. The molecule has 5 heteroatoms. The van der Waals surface area contributed by atoms with Crippen molar-refractivity contribution in [3.8, 4) is 5.75 Å². The third kappa shape index (κ3) is 1.82. The highest BCUT2D eigenvalue weighted by molar-refractivity contribution is 9.10. The third-order valence-electron chi connectivity index (χ3n) is 2.36. The van der Waals surface area contributed by atoms with Crippen molar-refractivity contribution < 1.29 is 19.1 Å². The Morgan fingerprint density at radius 1 is 1.44 bits per heavy atom. The van der Waals surface area contributed by atoms with Gasteiger partial charge in [-0.3, -0.25) is 4.79 Å². The van der Waals surface area contributed by atoms with Gasteiger partial charge in [0.25, 0.3) is 5.78 Å². The zero-order chi connectivity index (χ0) is 11.7. The summed E-state index contributed by atoms with van der Waals surface area (Å²) in [6, 6.07) is 3.46. The molecular formula is C11H9BrO4. The molecule has 1 heterocycles. The van der Waals surface area contributed by atoms with Crippen LogP contribution in [-0.4, -0.2) is 25.5 Å². The largest absolute Gasteiger partial charge is 0.492 e. The number of rotatable bonds is 2. The highest BCUT2D eigenvalue weighted by Gasteiger charge is 2.26. The van der Waals surface area contributed by atoms with E-state index in [9.17, 15) is 9.59 Å². The predicted octanol–water partition coefficient (Wildman–Crippen LogP) is 1.74. The lowest BCUT2D eigenvalue weighted by Gasteiger charge is -2.06. The summed E-state index contributed by atoms with van der Waals surface area (Å²) >= 11 is 3.30. The Kier molecular flexibility index (Phi) is 2.96. The maximum absolute atomic E-state index is 11.7. The molecule has 0 fully saturated rings. The molecular weight excluding hydrogens is 276 g/mol. The molecule has 0 N–H and O–H groups in total. The maximum Gasteiger partial charge on any atom is 0.379 e. The number of carbonyl (C=O) groups is 2. The molecule has 0 unspecified atom stereocenters. The summed E-state index contributed by atoms with van der Waals surface area (Å²) in [4.78, 5) is 22.9. The molecule has 0 aromatic heterocycles. The van der Waals surface area contributed by atoms with Gasteiger partial charge in [0.05, 0.1) is 19.3 Å². The molecule has 0 spiro atoms. The normalized spacial score (nSPS) is 12.9. The van der Waals surface area contributed by atoms with E-state index in [1.165, 1.54) is 7.11 Å². The molecule has 0 saturated heterocycles. The van der Waals surface area contributed by atoms with E-state index in [4.69, 9.17) is 4.74 Å². The number of esters is 1. The number of halogens is 1. The minimum absolute atomic E-state index is 0.258. The Morgan fingerprint density at radius 2 is 2.19 bits per heavy atom. The second kappa shape index (κ2) is 4.25. The lowest BCUT2D eigenvalue weighted by Crippen LogP contribution is -2.16. The van der Waals surface area contributed by atoms with Crippen LogP contribution in [0.5, 0.6) is 5.75 Å². The fourth-order valence-corrected chi connectivity index (χ4v) is 2.15. The zero-order valence-electron chi connectivity index (χ0n) is 8.58. The van der Waals surface area contributed by atoms with Crippen LogP contribution in [-0.2, 0) is 16.0 Å². The van der Waals surface area contributed by atoms with Crippen LogP contribution in [0.2, 0.25) is 0 Å². The molecule has 0 saturated carbocycles. The van der Waals surface area contributed by atoms with Gasteiger partial charge < -0.3 is 9.47 Å².